The third-order valence-corrected chi connectivity index (χ3v) is 3.70. The molecule has 2 aromatic carbocycles. The Labute approximate surface area is 129 Å². The van der Waals surface area contributed by atoms with Crippen LogP contribution in [0, 0.1) is 0 Å². The van der Waals surface area contributed by atoms with Gasteiger partial charge in [-0.1, -0.05) is 42.5 Å². The summed E-state index contributed by atoms with van der Waals surface area (Å²) >= 11 is 0. The minimum Gasteiger partial charge on any atom is -0.349 e. The lowest BCUT2D eigenvalue weighted by molar-refractivity contribution is 0.0940. The summed E-state index contributed by atoms with van der Waals surface area (Å²) in [5, 5.41) is 9.49. The van der Waals surface area contributed by atoms with Gasteiger partial charge in [-0.05, 0) is 29.7 Å². The Morgan fingerprint density at radius 2 is 2.00 bits per heavy atom. The minimum atomic E-state index is -0.0820. The lowest BCUT2D eigenvalue weighted by Crippen LogP contribution is -2.33. The maximum Gasteiger partial charge on any atom is 0.254 e. The van der Waals surface area contributed by atoms with Crippen molar-refractivity contribution in [2.75, 3.05) is 0 Å². The van der Waals surface area contributed by atoms with Crippen LogP contribution in [0.1, 0.15) is 22.8 Å². The number of benzene rings is 2. The number of carbonyl (C=O) groups excluding carboxylic acids is 1. The van der Waals surface area contributed by atoms with Gasteiger partial charge in [-0.2, -0.15) is 5.10 Å². The zero-order chi connectivity index (χ0) is 15.5. The second-order valence-corrected chi connectivity index (χ2v) is 5.66. The van der Waals surface area contributed by atoms with E-state index in [1.165, 1.54) is 16.3 Å². The van der Waals surface area contributed by atoms with Gasteiger partial charge in [-0.15, -0.1) is 0 Å². The van der Waals surface area contributed by atoms with Gasteiger partial charge in [-0.25, -0.2) is 0 Å². The van der Waals surface area contributed by atoms with Gasteiger partial charge < -0.3 is 5.32 Å². The van der Waals surface area contributed by atoms with E-state index in [9.17, 15) is 4.79 Å². The molecule has 4 nitrogen and oxygen atoms in total. The average molecular weight is 293 g/mol. The molecule has 112 valence electrons. The second kappa shape index (κ2) is 6.02. The molecular formula is C18H19N3O. The highest BCUT2D eigenvalue weighted by Crippen LogP contribution is 2.16. The van der Waals surface area contributed by atoms with Crippen LogP contribution in [0.3, 0.4) is 0 Å². The molecule has 0 spiro atoms. The Morgan fingerprint density at radius 1 is 1.23 bits per heavy atom. The van der Waals surface area contributed by atoms with E-state index in [1.807, 2.05) is 19.1 Å². The number of carbonyl (C=O) groups is 1. The fourth-order valence-electron chi connectivity index (χ4n) is 2.62. The number of nitrogens with one attached hydrogen (secondary N) is 1. The Hall–Kier alpha value is -2.62. The van der Waals surface area contributed by atoms with Crippen molar-refractivity contribution < 1.29 is 4.79 Å². The first-order valence-corrected chi connectivity index (χ1v) is 7.39. The summed E-state index contributed by atoms with van der Waals surface area (Å²) in [5.74, 6) is -0.0820. The smallest absolute Gasteiger partial charge is 0.254 e. The maximum absolute atomic E-state index is 12.1. The van der Waals surface area contributed by atoms with E-state index in [1.54, 1.807) is 24.1 Å². The summed E-state index contributed by atoms with van der Waals surface area (Å²) in [7, 11) is 1.80. The molecule has 0 bridgehead atoms. The van der Waals surface area contributed by atoms with Gasteiger partial charge in [0.05, 0.1) is 11.8 Å². The molecule has 22 heavy (non-hydrogen) atoms. The predicted molar refractivity (Wildman–Crippen MR) is 87.8 cm³/mol. The fraction of sp³-hybridized carbons (Fsp3) is 0.222. The first-order valence-electron chi connectivity index (χ1n) is 7.39. The normalized spacial score (nSPS) is 12.3. The van der Waals surface area contributed by atoms with E-state index < -0.39 is 0 Å². The van der Waals surface area contributed by atoms with Gasteiger partial charge in [0, 0.05) is 19.3 Å². The Balaban J connectivity index is 1.67. The van der Waals surface area contributed by atoms with Crippen LogP contribution < -0.4 is 5.32 Å². The molecule has 1 unspecified atom stereocenters. The van der Waals surface area contributed by atoms with Crippen molar-refractivity contribution in [1.29, 1.82) is 0 Å². The Bertz CT molecular complexity index is 807. The molecule has 1 N–H and O–H groups in total. The van der Waals surface area contributed by atoms with Crippen molar-refractivity contribution in [1.82, 2.24) is 15.1 Å². The zero-order valence-corrected chi connectivity index (χ0v) is 12.8. The molecule has 1 amide bonds. The third kappa shape index (κ3) is 3.17. The lowest BCUT2D eigenvalue weighted by atomic mass is 10.0. The third-order valence-electron chi connectivity index (χ3n) is 3.70. The van der Waals surface area contributed by atoms with Gasteiger partial charge in [0.2, 0.25) is 0 Å². The molecule has 0 aliphatic heterocycles. The highest BCUT2D eigenvalue weighted by atomic mass is 16.1. The quantitative estimate of drug-likeness (QED) is 0.804. The van der Waals surface area contributed by atoms with Crippen molar-refractivity contribution >= 4 is 16.7 Å². The van der Waals surface area contributed by atoms with Crippen LogP contribution in [0.5, 0.6) is 0 Å². The van der Waals surface area contributed by atoms with Crippen molar-refractivity contribution in [2.45, 2.75) is 19.4 Å². The van der Waals surface area contributed by atoms with E-state index in [4.69, 9.17) is 0 Å². The number of fused-ring (bicyclic) bond motifs is 1. The molecule has 1 heterocycles. The molecule has 1 atom stereocenters. The summed E-state index contributed by atoms with van der Waals surface area (Å²) in [6, 6.07) is 14.8. The number of hydrogen-bond donors (Lipinski definition) is 1. The number of rotatable bonds is 4. The largest absolute Gasteiger partial charge is 0.349 e. The molecule has 3 aromatic rings. The number of aryl methyl sites for hydroxylation is 1. The molecule has 0 saturated heterocycles. The van der Waals surface area contributed by atoms with Gasteiger partial charge in [-0.3, -0.25) is 9.48 Å². The summed E-state index contributed by atoms with van der Waals surface area (Å²) in [5.41, 5.74) is 1.81. The van der Waals surface area contributed by atoms with Crippen LogP contribution in [0.4, 0.5) is 0 Å². The van der Waals surface area contributed by atoms with E-state index in [-0.39, 0.29) is 11.9 Å². The van der Waals surface area contributed by atoms with Crippen LogP contribution in [0.15, 0.2) is 54.9 Å². The van der Waals surface area contributed by atoms with Gasteiger partial charge in [0.15, 0.2) is 0 Å². The maximum atomic E-state index is 12.1. The van der Waals surface area contributed by atoms with Gasteiger partial charge in [0.1, 0.15) is 0 Å². The molecule has 0 aliphatic carbocycles. The number of hydrogen-bond acceptors (Lipinski definition) is 2. The predicted octanol–water partition coefficient (Wildman–Crippen LogP) is 2.93. The van der Waals surface area contributed by atoms with Crippen molar-refractivity contribution in [3.8, 4) is 0 Å². The molecule has 0 fully saturated rings. The SMILES string of the molecule is CC(Cc1ccc2ccccc2c1)NC(=O)c1cnn(C)c1. The molecule has 0 radical (unpaired) electrons. The van der Waals surface area contributed by atoms with Crippen molar-refractivity contribution in [3.05, 3.63) is 66.0 Å². The first-order chi connectivity index (χ1) is 10.6. The van der Waals surface area contributed by atoms with Crippen molar-refractivity contribution in [2.24, 2.45) is 7.05 Å². The van der Waals surface area contributed by atoms with E-state index >= 15 is 0 Å². The minimum absolute atomic E-state index is 0.0638. The highest BCUT2D eigenvalue weighted by Gasteiger charge is 2.12. The number of aromatic nitrogens is 2. The van der Waals surface area contributed by atoms with E-state index in [2.05, 4.69) is 40.7 Å². The fourth-order valence-corrected chi connectivity index (χ4v) is 2.62. The Kier molecular flexibility index (Phi) is 3.92. The molecule has 1 aromatic heterocycles. The zero-order valence-electron chi connectivity index (χ0n) is 12.8. The van der Waals surface area contributed by atoms with E-state index in [0.717, 1.165) is 6.42 Å². The van der Waals surface area contributed by atoms with Crippen LogP contribution in [-0.2, 0) is 13.5 Å². The van der Waals surface area contributed by atoms with Crippen LogP contribution in [0.25, 0.3) is 10.8 Å². The van der Waals surface area contributed by atoms with Crippen LogP contribution >= 0.6 is 0 Å². The second-order valence-electron chi connectivity index (χ2n) is 5.66. The number of nitrogens with zero attached hydrogens (tertiary/aromatic N) is 2. The standard InChI is InChI=1S/C18H19N3O/c1-13(20-18(22)17-11-19-21(2)12-17)9-14-7-8-15-5-3-4-6-16(15)10-14/h3-8,10-13H,9H2,1-2H3,(H,20,22). The van der Waals surface area contributed by atoms with Gasteiger partial charge in [0.25, 0.3) is 5.91 Å². The highest BCUT2D eigenvalue weighted by molar-refractivity contribution is 5.93. The summed E-state index contributed by atoms with van der Waals surface area (Å²) in [6.45, 7) is 2.02. The van der Waals surface area contributed by atoms with Crippen LogP contribution in [0.2, 0.25) is 0 Å². The monoisotopic (exact) mass is 293 g/mol. The van der Waals surface area contributed by atoms with Crippen LogP contribution in [-0.4, -0.2) is 21.7 Å². The molecular weight excluding hydrogens is 274 g/mol. The average Bonchev–Trinajstić information content (AvgIpc) is 2.94. The molecule has 0 aliphatic rings. The summed E-state index contributed by atoms with van der Waals surface area (Å²) < 4.78 is 1.63. The summed E-state index contributed by atoms with van der Waals surface area (Å²) in [6.07, 6.45) is 4.10. The Morgan fingerprint density at radius 3 is 2.73 bits per heavy atom. The van der Waals surface area contributed by atoms with E-state index in [0.29, 0.717) is 5.56 Å². The topological polar surface area (TPSA) is 46.9 Å². The van der Waals surface area contributed by atoms with Gasteiger partial charge >= 0.3 is 0 Å². The first kappa shape index (κ1) is 14.3. The molecule has 0 saturated carbocycles. The molecule has 3 rings (SSSR count). The van der Waals surface area contributed by atoms with Crippen molar-refractivity contribution in [3.63, 3.8) is 0 Å². The molecule has 4 heteroatoms. The number of amides is 1. The summed E-state index contributed by atoms with van der Waals surface area (Å²) in [4.78, 5) is 12.1. The lowest BCUT2D eigenvalue weighted by Gasteiger charge is -2.13.